The molecule has 14 heteroatoms. The normalized spacial score (nSPS) is 14.0. The third kappa shape index (κ3) is 6.07. The number of fused-ring (bicyclic) bond motifs is 1. The quantitative estimate of drug-likeness (QED) is 0.129. The fourth-order valence-electron chi connectivity index (χ4n) is 4.91. The van der Waals surface area contributed by atoms with E-state index in [4.69, 9.17) is 0 Å². The van der Waals surface area contributed by atoms with Crippen LogP contribution < -0.4 is 10.6 Å². The van der Waals surface area contributed by atoms with Crippen molar-refractivity contribution in [3.8, 4) is 0 Å². The van der Waals surface area contributed by atoms with Gasteiger partial charge in [0.1, 0.15) is 0 Å². The van der Waals surface area contributed by atoms with Crippen molar-refractivity contribution < 1.29 is 40.0 Å². The van der Waals surface area contributed by atoms with Gasteiger partial charge >= 0.3 is 0 Å². The summed E-state index contributed by atoms with van der Waals surface area (Å²) in [5, 5.41) is 5.47. The molecule has 1 aromatic heterocycles. The van der Waals surface area contributed by atoms with Crippen molar-refractivity contribution in [3.63, 3.8) is 0 Å². The Balaban J connectivity index is 1.66. The molecule has 230 valence electrons. The Kier molecular flexibility index (Phi) is 9.11. The maximum Gasteiger partial charge on any atom is 0.256 e. The van der Waals surface area contributed by atoms with Crippen molar-refractivity contribution in [2.45, 2.75) is 38.3 Å². The Hall–Kier alpha value is -4.04. The van der Waals surface area contributed by atoms with E-state index in [1.54, 1.807) is 13.8 Å². The van der Waals surface area contributed by atoms with E-state index in [9.17, 15) is 40.0 Å². The predicted octanol–water partition coefficient (Wildman–Crippen LogP) is 4.87. The number of halogens is 5. The van der Waals surface area contributed by atoms with E-state index in [1.807, 2.05) is 13.8 Å². The van der Waals surface area contributed by atoms with Gasteiger partial charge in [0.25, 0.3) is 11.8 Å². The zero-order chi connectivity index (χ0) is 31.8. The van der Waals surface area contributed by atoms with E-state index in [-0.39, 0.29) is 22.7 Å². The van der Waals surface area contributed by atoms with Crippen LogP contribution in [-0.4, -0.2) is 56.3 Å². The van der Waals surface area contributed by atoms with E-state index in [0.29, 0.717) is 35.6 Å². The zero-order valence-corrected chi connectivity index (χ0v) is 24.5. The predicted molar refractivity (Wildman–Crippen MR) is 150 cm³/mol. The van der Waals surface area contributed by atoms with Crippen LogP contribution in [0.25, 0.3) is 11.6 Å². The minimum absolute atomic E-state index is 0.0288. The Morgan fingerprint density at radius 2 is 1.58 bits per heavy atom. The number of hydrogen-bond donors (Lipinski definition) is 3. The molecule has 2 heterocycles. The Morgan fingerprint density at radius 1 is 0.977 bits per heavy atom. The number of hydrogen-bond acceptors (Lipinski definition) is 5. The molecular formula is C29H29F5N4O4S. The fourth-order valence-corrected chi connectivity index (χ4v) is 6.29. The van der Waals surface area contributed by atoms with Gasteiger partial charge in [0, 0.05) is 41.3 Å². The highest BCUT2D eigenvalue weighted by atomic mass is 32.2. The maximum atomic E-state index is 14.2. The molecule has 0 bridgehead atoms. The van der Waals surface area contributed by atoms with Crippen LogP contribution in [0.15, 0.2) is 23.1 Å². The highest BCUT2D eigenvalue weighted by molar-refractivity contribution is 7.90. The third-order valence-electron chi connectivity index (χ3n) is 7.37. The molecule has 0 saturated carbocycles. The molecule has 0 unspecified atom stereocenters. The first-order chi connectivity index (χ1) is 20.2. The van der Waals surface area contributed by atoms with Crippen LogP contribution in [0.3, 0.4) is 0 Å². The summed E-state index contributed by atoms with van der Waals surface area (Å²) in [5.74, 6) is -13.8. The number of sulfone groups is 1. The molecule has 0 fully saturated rings. The van der Waals surface area contributed by atoms with Gasteiger partial charge < -0.3 is 20.5 Å². The highest BCUT2D eigenvalue weighted by Crippen LogP contribution is 2.36. The van der Waals surface area contributed by atoms with Crippen molar-refractivity contribution in [2.24, 2.45) is 0 Å². The van der Waals surface area contributed by atoms with Gasteiger partial charge in [0.05, 0.1) is 21.8 Å². The molecule has 3 N–H and O–H groups in total. The molecule has 1 aliphatic rings. The second kappa shape index (κ2) is 12.3. The van der Waals surface area contributed by atoms with Gasteiger partial charge in [-0.25, -0.2) is 30.4 Å². The average Bonchev–Trinajstić information content (AvgIpc) is 3.44. The van der Waals surface area contributed by atoms with Crippen molar-refractivity contribution in [1.82, 2.24) is 15.2 Å². The lowest BCUT2D eigenvalue weighted by Crippen LogP contribution is -2.35. The molecule has 43 heavy (non-hydrogen) atoms. The number of aromatic amines is 1. The van der Waals surface area contributed by atoms with Crippen LogP contribution in [0.4, 0.5) is 27.6 Å². The molecule has 0 spiro atoms. The van der Waals surface area contributed by atoms with Crippen LogP contribution >= 0.6 is 0 Å². The summed E-state index contributed by atoms with van der Waals surface area (Å²) in [6.45, 7) is 10.2. The smallest absolute Gasteiger partial charge is 0.256 e. The van der Waals surface area contributed by atoms with Crippen molar-refractivity contribution in [1.29, 1.82) is 0 Å². The number of rotatable bonds is 10. The summed E-state index contributed by atoms with van der Waals surface area (Å²) in [4.78, 5) is 30.5. The lowest BCUT2D eigenvalue weighted by molar-refractivity contribution is -0.110. The topological polar surface area (TPSA) is 111 Å². The average molecular weight is 625 g/mol. The summed E-state index contributed by atoms with van der Waals surface area (Å²) in [6.07, 6.45) is 1.44. The molecule has 2 amide bonds. The van der Waals surface area contributed by atoms with E-state index in [2.05, 4.69) is 20.5 Å². The first-order valence-electron chi connectivity index (χ1n) is 13.3. The number of nitrogens with one attached hydrogen (secondary N) is 3. The maximum absolute atomic E-state index is 14.2. The van der Waals surface area contributed by atoms with Gasteiger partial charge in [-0.1, -0.05) is 13.8 Å². The molecule has 3 aromatic rings. The van der Waals surface area contributed by atoms with Crippen LogP contribution in [-0.2, 0) is 20.4 Å². The third-order valence-corrected chi connectivity index (χ3v) is 9.01. The first-order valence-corrected chi connectivity index (χ1v) is 15.0. The number of benzene rings is 2. The standard InChI is InChI=1S/C29H29F5N4O4S/c1-5-38(6-2)10-9-35-29(40)22-14(3)21(36-15(22)4)12-18-17-11-16(7-8-20(17)37-28(18)39)43(41,42)13-19-23(30)25(32)27(34)26(33)24(19)31/h7-8,11-12,36H,5-6,9-10,13H2,1-4H3,(H,35,40)(H,37,39)/b18-12-. The van der Waals surface area contributed by atoms with Gasteiger partial charge in [0.15, 0.2) is 33.1 Å². The molecule has 0 atom stereocenters. The summed E-state index contributed by atoms with van der Waals surface area (Å²) in [5.41, 5.74) is 0.790. The first kappa shape index (κ1) is 31.9. The van der Waals surface area contributed by atoms with Gasteiger partial charge in [0.2, 0.25) is 5.82 Å². The monoisotopic (exact) mass is 624 g/mol. The second-order valence-corrected chi connectivity index (χ2v) is 12.0. The SMILES string of the molecule is CCN(CC)CCNC(=O)c1c(C)[nH]c(/C=C2\C(=O)Nc3ccc(S(=O)(=O)Cc4c(F)c(F)c(F)c(F)c4F)cc32)c1C. The Bertz CT molecular complexity index is 1740. The summed E-state index contributed by atoms with van der Waals surface area (Å²) >= 11 is 0. The number of aromatic nitrogens is 1. The molecule has 0 radical (unpaired) electrons. The van der Waals surface area contributed by atoms with Crippen LogP contribution in [0.2, 0.25) is 0 Å². The van der Waals surface area contributed by atoms with Crippen molar-refractivity contribution in [3.05, 3.63) is 80.9 Å². The number of H-pyrrole nitrogens is 1. The molecule has 0 aliphatic carbocycles. The molecule has 2 aromatic carbocycles. The number of carbonyl (C=O) groups is 2. The Labute approximate surface area is 244 Å². The largest absolute Gasteiger partial charge is 0.358 e. The molecule has 8 nitrogen and oxygen atoms in total. The number of nitrogens with zero attached hydrogens (tertiary/aromatic N) is 1. The van der Waals surface area contributed by atoms with Gasteiger partial charge in [-0.15, -0.1) is 0 Å². The number of aryl methyl sites for hydroxylation is 1. The minimum atomic E-state index is -4.65. The van der Waals surface area contributed by atoms with Gasteiger partial charge in [-0.05, 0) is 56.8 Å². The number of anilines is 1. The van der Waals surface area contributed by atoms with Crippen LogP contribution in [0, 0.1) is 42.9 Å². The lowest BCUT2D eigenvalue weighted by atomic mass is 10.0. The summed E-state index contributed by atoms with van der Waals surface area (Å²) in [7, 11) is -4.65. The lowest BCUT2D eigenvalue weighted by Gasteiger charge is -2.18. The number of amides is 2. The number of likely N-dealkylation sites (N-methyl/N-ethyl adjacent to an activating group) is 1. The van der Waals surface area contributed by atoms with E-state index < -0.39 is 61.0 Å². The fraction of sp³-hybridized carbons (Fsp3) is 0.310. The highest BCUT2D eigenvalue weighted by Gasteiger charge is 2.32. The van der Waals surface area contributed by atoms with Crippen LogP contribution in [0.5, 0.6) is 0 Å². The molecule has 4 rings (SSSR count). The number of carbonyl (C=O) groups excluding carboxylic acids is 2. The van der Waals surface area contributed by atoms with Crippen molar-refractivity contribution in [2.75, 3.05) is 31.5 Å². The minimum Gasteiger partial charge on any atom is -0.358 e. The molecule has 0 saturated heterocycles. The van der Waals surface area contributed by atoms with E-state index in [1.165, 1.54) is 12.1 Å². The second-order valence-electron chi connectivity index (χ2n) is 9.97. The van der Waals surface area contributed by atoms with E-state index in [0.717, 1.165) is 25.2 Å². The zero-order valence-electron chi connectivity index (χ0n) is 23.7. The molecular weight excluding hydrogens is 595 g/mol. The Morgan fingerprint density at radius 3 is 2.19 bits per heavy atom. The van der Waals surface area contributed by atoms with Gasteiger partial charge in [-0.2, -0.15) is 0 Å². The van der Waals surface area contributed by atoms with Gasteiger partial charge in [-0.3, -0.25) is 9.59 Å². The summed E-state index contributed by atoms with van der Waals surface area (Å²) in [6, 6.07) is 3.38. The molecule has 1 aliphatic heterocycles. The summed E-state index contributed by atoms with van der Waals surface area (Å²) < 4.78 is 95.3. The van der Waals surface area contributed by atoms with Crippen molar-refractivity contribution >= 4 is 39.0 Å². The van der Waals surface area contributed by atoms with Crippen LogP contribution in [0.1, 0.15) is 52.3 Å². The van der Waals surface area contributed by atoms with E-state index >= 15 is 0 Å².